The summed E-state index contributed by atoms with van der Waals surface area (Å²) in [7, 11) is 0. The van der Waals surface area contributed by atoms with Crippen LogP contribution in [0.3, 0.4) is 0 Å². The smallest absolute Gasteiger partial charge is 0.257 e. The number of rotatable bonds is 4. The first-order valence-corrected chi connectivity index (χ1v) is 6.15. The van der Waals surface area contributed by atoms with Crippen LogP contribution in [0.1, 0.15) is 22.8 Å². The number of carbonyl (C=O) groups excluding carboxylic acids is 2. The number of benzene rings is 1. The molecule has 0 atom stereocenters. The van der Waals surface area contributed by atoms with Crippen molar-refractivity contribution in [2.75, 3.05) is 5.32 Å². The number of hydrogen-bond acceptors (Lipinski definition) is 3. The predicted molar refractivity (Wildman–Crippen MR) is 78.3 cm³/mol. The number of aromatic nitrogens is 1. The second kappa shape index (κ2) is 6.43. The molecule has 100 valence electrons. The molecule has 0 saturated heterocycles. The molecule has 20 heavy (non-hydrogen) atoms. The minimum atomic E-state index is -0.204. The highest BCUT2D eigenvalue weighted by Crippen LogP contribution is 2.12. The molecule has 1 amide bonds. The lowest BCUT2D eigenvalue weighted by atomic mass is 10.1. The zero-order valence-corrected chi connectivity index (χ0v) is 11.0. The van der Waals surface area contributed by atoms with E-state index in [1.807, 2.05) is 12.1 Å². The maximum Gasteiger partial charge on any atom is 0.257 e. The van der Waals surface area contributed by atoms with Crippen molar-refractivity contribution < 1.29 is 9.59 Å². The maximum absolute atomic E-state index is 11.9. The topological polar surface area (TPSA) is 59.1 Å². The molecule has 2 rings (SSSR count). The molecule has 0 aliphatic heterocycles. The van der Waals surface area contributed by atoms with Crippen molar-refractivity contribution in [1.29, 1.82) is 0 Å². The SMILES string of the molecule is CC(=O)/C=C/c1ccc(NC(=O)c2cccnc2)cc1. The first-order chi connectivity index (χ1) is 9.65. The first-order valence-electron chi connectivity index (χ1n) is 6.15. The number of allylic oxidation sites excluding steroid dienone is 1. The average Bonchev–Trinajstić information content (AvgIpc) is 2.47. The molecule has 1 aromatic heterocycles. The van der Waals surface area contributed by atoms with Gasteiger partial charge in [-0.2, -0.15) is 0 Å². The Morgan fingerprint density at radius 3 is 2.50 bits per heavy atom. The van der Waals surface area contributed by atoms with Crippen LogP contribution in [-0.4, -0.2) is 16.7 Å². The van der Waals surface area contributed by atoms with Crippen LogP contribution in [0.25, 0.3) is 6.08 Å². The molecule has 1 N–H and O–H groups in total. The summed E-state index contributed by atoms with van der Waals surface area (Å²) in [6.45, 7) is 1.50. The van der Waals surface area contributed by atoms with Crippen molar-refractivity contribution in [3.05, 3.63) is 66.0 Å². The van der Waals surface area contributed by atoms with Gasteiger partial charge in [-0.3, -0.25) is 14.6 Å². The van der Waals surface area contributed by atoms with Gasteiger partial charge in [0.1, 0.15) is 0 Å². The largest absolute Gasteiger partial charge is 0.322 e. The van der Waals surface area contributed by atoms with E-state index < -0.39 is 0 Å². The van der Waals surface area contributed by atoms with Crippen molar-refractivity contribution in [2.24, 2.45) is 0 Å². The summed E-state index contributed by atoms with van der Waals surface area (Å²) in [5.74, 6) is -0.205. The normalized spacial score (nSPS) is 10.4. The van der Waals surface area contributed by atoms with E-state index in [-0.39, 0.29) is 11.7 Å². The molecule has 0 saturated carbocycles. The number of carbonyl (C=O) groups is 2. The Balaban J connectivity index is 2.04. The van der Waals surface area contributed by atoms with Crippen LogP contribution in [0.4, 0.5) is 5.69 Å². The minimum absolute atomic E-state index is 0.000966. The van der Waals surface area contributed by atoms with Crippen LogP contribution >= 0.6 is 0 Å². The fraction of sp³-hybridized carbons (Fsp3) is 0.0625. The van der Waals surface area contributed by atoms with Crippen LogP contribution in [0.15, 0.2) is 54.9 Å². The van der Waals surface area contributed by atoms with Crippen LogP contribution in [0.2, 0.25) is 0 Å². The van der Waals surface area contributed by atoms with Crippen molar-refractivity contribution in [3.8, 4) is 0 Å². The van der Waals surface area contributed by atoms with Gasteiger partial charge in [-0.15, -0.1) is 0 Å². The summed E-state index contributed by atoms with van der Waals surface area (Å²) in [6.07, 6.45) is 6.37. The van der Waals surface area contributed by atoms with Crippen molar-refractivity contribution in [3.63, 3.8) is 0 Å². The Bertz CT molecular complexity index is 631. The number of amides is 1. The van der Waals surface area contributed by atoms with Crippen molar-refractivity contribution >= 4 is 23.5 Å². The molecule has 0 unspecified atom stereocenters. The maximum atomic E-state index is 11.9. The molecule has 0 bridgehead atoms. The molecule has 1 heterocycles. The molecular formula is C16H14N2O2. The quantitative estimate of drug-likeness (QED) is 0.865. The van der Waals surface area contributed by atoms with E-state index in [0.717, 1.165) is 5.56 Å². The fourth-order valence-corrected chi connectivity index (χ4v) is 1.59. The number of ketones is 1. The van der Waals surface area contributed by atoms with Gasteiger partial charge in [0.2, 0.25) is 0 Å². The van der Waals surface area contributed by atoms with Crippen LogP contribution in [-0.2, 0) is 4.79 Å². The number of nitrogens with zero attached hydrogens (tertiary/aromatic N) is 1. The van der Waals surface area contributed by atoms with Crippen molar-refractivity contribution in [1.82, 2.24) is 4.98 Å². The van der Waals surface area contributed by atoms with E-state index in [0.29, 0.717) is 11.3 Å². The Hall–Kier alpha value is -2.75. The summed E-state index contributed by atoms with van der Waals surface area (Å²) in [5, 5.41) is 2.78. The third kappa shape index (κ3) is 3.88. The molecule has 1 aromatic carbocycles. The molecule has 0 aliphatic carbocycles. The van der Waals surface area contributed by atoms with E-state index in [1.165, 1.54) is 19.2 Å². The number of anilines is 1. The third-order valence-electron chi connectivity index (χ3n) is 2.60. The zero-order valence-electron chi connectivity index (χ0n) is 11.0. The standard InChI is InChI=1S/C16H14N2O2/c1-12(19)4-5-13-6-8-15(9-7-13)18-16(20)14-3-2-10-17-11-14/h2-11H,1H3,(H,18,20)/b5-4+. The van der Waals surface area contributed by atoms with Gasteiger partial charge in [-0.25, -0.2) is 0 Å². The Morgan fingerprint density at radius 2 is 1.90 bits per heavy atom. The van der Waals surface area contributed by atoms with Gasteiger partial charge in [-0.1, -0.05) is 18.2 Å². The Kier molecular flexibility index (Phi) is 4.39. The highest BCUT2D eigenvalue weighted by molar-refractivity contribution is 6.04. The minimum Gasteiger partial charge on any atom is -0.322 e. The second-order valence-corrected chi connectivity index (χ2v) is 4.26. The summed E-state index contributed by atoms with van der Waals surface area (Å²) in [5.41, 5.74) is 2.10. The molecule has 0 radical (unpaired) electrons. The van der Waals surface area contributed by atoms with E-state index in [1.54, 1.807) is 36.5 Å². The zero-order chi connectivity index (χ0) is 14.4. The van der Waals surface area contributed by atoms with Gasteiger partial charge in [0.25, 0.3) is 5.91 Å². The van der Waals surface area contributed by atoms with Crippen LogP contribution in [0, 0.1) is 0 Å². The lowest BCUT2D eigenvalue weighted by Crippen LogP contribution is -2.11. The predicted octanol–water partition coefficient (Wildman–Crippen LogP) is 2.94. The van der Waals surface area contributed by atoms with Gasteiger partial charge in [-0.05, 0) is 42.8 Å². The lowest BCUT2D eigenvalue weighted by molar-refractivity contribution is -0.112. The lowest BCUT2D eigenvalue weighted by Gasteiger charge is -2.05. The van der Waals surface area contributed by atoms with Gasteiger partial charge in [0.05, 0.1) is 5.56 Å². The molecular weight excluding hydrogens is 252 g/mol. The Morgan fingerprint density at radius 1 is 1.15 bits per heavy atom. The molecule has 0 spiro atoms. The second-order valence-electron chi connectivity index (χ2n) is 4.26. The Labute approximate surface area is 117 Å². The van der Waals surface area contributed by atoms with Gasteiger partial charge >= 0.3 is 0 Å². The van der Waals surface area contributed by atoms with Gasteiger partial charge < -0.3 is 5.32 Å². The first kappa shape index (κ1) is 13.7. The summed E-state index contributed by atoms with van der Waals surface area (Å²) in [6, 6.07) is 10.6. The van der Waals surface area contributed by atoms with E-state index >= 15 is 0 Å². The molecule has 0 aliphatic rings. The fourth-order valence-electron chi connectivity index (χ4n) is 1.59. The molecule has 4 heteroatoms. The molecule has 0 fully saturated rings. The van der Waals surface area contributed by atoms with Crippen molar-refractivity contribution in [2.45, 2.75) is 6.92 Å². The average molecular weight is 266 g/mol. The highest BCUT2D eigenvalue weighted by Gasteiger charge is 2.04. The van der Waals surface area contributed by atoms with Crippen LogP contribution < -0.4 is 5.32 Å². The third-order valence-corrected chi connectivity index (χ3v) is 2.60. The van der Waals surface area contributed by atoms with Crippen LogP contribution in [0.5, 0.6) is 0 Å². The number of pyridine rings is 1. The summed E-state index contributed by atoms with van der Waals surface area (Å²) < 4.78 is 0. The van der Waals surface area contributed by atoms with E-state index in [9.17, 15) is 9.59 Å². The number of nitrogens with one attached hydrogen (secondary N) is 1. The van der Waals surface area contributed by atoms with E-state index in [4.69, 9.17) is 0 Å². The molecule has 2 aromatic rings. The summed E-state index contributed by atoms with van der Waals surface area (Å²) >= 11 is 0. The molecule has 4 nitrogen and oxygen atoms in total. The van der Waals surface area contributed by atoms with Gasteiger partial charge in [0, 0.05) is 18.1 Å². The summed E-state index contributed by atoms with van der Waals surface area (Å²) in [4.78, 5) is 26.6. The van der Waals surface area contributed by atoms with E-state index in [2.05, 4.69) is 10.3 Å². The number of hydrogen-bond donors (Lipinski definition) is 1. The van der Waals surface area contributed by atoms with Gasteiger partial charge in [0.15, 0.2) is 5.78 Å². The monoisotopic (exact) mass is 266 g/mol. The highest BCUT2D eigenvalue weighted by atomic mass is 16.1.